The van der Waals surface area contributed by atoms with E-state index in [0.29, 0.717) is 6.54 Å². The number of ether oxygens (including phenoxy) is 1. The Hall–Kier alpha value is -0.940. The molecule has 0 bridgehead atoms. The fraction of sp³-hybridized carbons (Fsp3) is 0.500. The number of halogens is 4. The lowest BCUT2D eigenvalue weighted by Crippen LogP contribution is -2.37. The number of alkyl halides is 3. The van der Waals surface area contributed by atoms with Crippen LogP contribution < -0.4 is 10.1 Å². The summed E-state index contributed by atoms with van der Waals surface area (Å²) in [5, 5.41) is 3.33. The maximum absolute atomic E-state index is 12.6. The van der Waals surface area contributed by atoms with Gasteiger partial charge >= 0.3 is 6.18 Å². The van der Waals surface area contributed by atoms with Crippen molar-refractivity contribution in [2.45, 2.75) is 25.1 Å². The van der Waals surface area contributed by atoms with Gasteiger partial charge in [0.25, 0.3) is 0 Å². The van der Waals surface area contributed by atoms with Gasteiger partial charge in [-0.25, -0.2) is 0 Å². The van der Waals surface area contributed by atoms with E-state index in [0.717, 1.165) is 31.5 Å². The van der Waals surface area contributed by atoms with E-state index in [1.54, 1.807) is 0 Å². The first-order valence-electron chi connectivity index (χ1n) is 5.71. The summed E-state index contributed by atoms with van der Waals surface area (Å²) < 4.78 is 43.2. The van der Waals surface area contributed by atoms with Crippen molar-refractivity contribution >= 4 is 11.6 Å². The first-order valence-corrected chi connectivity index (χ1v) is 6.09. The molecule has 1 N–H and O–H groups in total. The van der Waals surface area contributed by atoms with Crippen molar-refractivity contribution in [3.8, 4) is 5.75 Å². The monoisotopic (exact) mass is 279 g/mol. The van der Waals surface area contributed by atoms with Crippen LogP contribution in [0.3, 0.4) is 0 Å². The highest BCUT2D eigenvalue weighted by Gasteiger charge is 2.31. The summed E-state index contributed by atoms with van der Waals surface area (Å²) in [6.45, 7) is 1.54. The topological polar surface area (TPSA) is 21.3 Å². The molecule has 2 nitrogen and oxygen atoms in total. The molecule has 0 spiro atoms. The molecule has 100 valence electrons. The zero-order valence-corrected chi connectivity index (χ0v) is 10.3. The highest BCUT2D eigenvalue weighted by molar-refractivity contribution is 6.32. The third kappa shape index (κ3) is 3.29. The average Bonchev–Trinajstić information content (AvgIpc) is 2.32. The van der Waals surface area contributed by atoms with Crippen LogP contribution in [0, 0.1) is 0 Å². The number of hydrogen-bond donors (Lipinski definition) is 1. The highest BCUT2D eigenvalue weighted by atomic mass is 35.5. The second-order valence-corrected chi connectivity index (χ2v) is 4.64. The van der Waals surface area contributed by atoms with Crippen LogP contribution in [0.2, 0.25) is 5.02 Å². The minimum atomic E-state index is -4.38. The first kappa shape index (κ1) is 13.5. The molecule has 0 saturated carbocycles. The molecule has 0 aromatic heterocycles. The van der Waals surface area contributed by atoms with E-state index in [1.165, 1.54) is 6.07 Å². The molecule has 1 atom stereocenters. The summed E-state index contributed by atoms with van der Waals surface area (Å²) in [5.41, 5.74) is -0.745. The third-order valence-electron chi connectivity index (χ3n) is 2.80. The van der Waals surface area contributed by atoms with Crippen LogP contribution in [0.25, 0.3) is 0 Å². The Labute approximate surface area is 108 Å². The summed E-state index contributed by atoms with van der Waals surface area (Å²) >= 11 is 5.85. The molecule has 0 radical (unpaired) electrons. The second kappa shape index (κ2) is 5.36. The van der Waals surface area contributed by atoms with Gasteiger partial charge < -0.3 is 10.1 Å². The molecule has 1 aromatic rings. The van der Waals surface area contributed by atoms with Gasteiger partial charge in [-0.05, 0) is 37.6 Å². The third-order valence-corrected chi connectivity index (χ3v) is 3.12. The van der Waals surface area contributed by atoms with Crippen molar-refractivity contribution < 1.29 is 17.9 Å². The Morgan fingerprint density at radius 1 is 1.33 bits per heavy atom. The van der Waals surface area contributed by atoms with Crippen LogP contribution in [-0.4, -0.2) is 19.2 Å². The van der Waals surface area contributed by atoms with Crippen molar-refractivity contribution in [2.24, 2.45) is 0 Å². The maximum Gasteiger partial charge on any atom is 0.416 e. The molecule has 1 heterocycles. The molecule has 1 aliphatic heterocycles. The largest absolute Gasteiger partial charge is 0.488 e. The van der Waals surface area contributed by atoms with E-state index >= 15 is 0 Å². The van der Waals surface area contributed by atoms with Gasteiger partial charge in [-0.3, -0.25) is 0 Å². The second-order valence-electron chi connectivity index (χ2n) is 4.23. The fourth-order valence-corrected chi connectivity index (χ4v) is 2.03. The predicted molar refractivity (Wildman–Crippen MR) is 63.0 cm³/mol. The summed E-state index contributed by atoms with van der Waals surface area (Å²) in [4.78, 5) is 0. The SMILES string of the molecule is FC(F)(F)c1ccc(Cl)c(OC2CCCNC2)c1. The minimum absolute atomic E-state index is 0.0974. The van der Waals surface area contributed by atoms with Gasteiger partial charge in [-0.1, -0.05) is 11.6 Å². The standard InChI is InChI=1S/C12H13ClF3NO/c13-10-4-3-8(12(14,15)16)6-11(10)18-9-2-1-5-17-7-9/h3-4,6,9,17H,1-2,5,7H2. The van der Waals surface area contributed by atoms with E-state index in [1.807, 2.05) is 0 Å². The summed E-state index contributed by atoms with van der Waals surface area (Å²) in [7, 11) is 0. The van der Waals surface area contributed by atoms with Crippen LogP contribution in [0.15, 0.2) is 18.2 Å². The van der Waals surface area contributed by atoms with Crippen molar-refractivity contribution in [3.05, 3.63) is 28.8 Å². The quantitative estimate of drug-likeness (QED) is 0.895. The van der Waals surface area contributed by atoms with E-state index in [2.05, 4.69) is 5.32 Å². The number of rotatable bonds is 2. The fourth-order valence-electron chi connectivity index (χ4n) is 1.87. The van der Waals surface area contributed by atoms with E-state index in [9.17, 15) is 13.2 Å². The van der Waals surface area contributed by atoms with Gasteiger partial charge in [0.2, 0.25) is 0 Å². The molecule has 0 amide bonds. The van der Waals surface area contributed by atoms with Crippen LogP contribution >= 0.6 is 11.6 Å². The Morgan fingerprint density at radius 3 is 2.72 bits per heavy atom. The summed E-state index contributed by atoms with van der Waals surface area (Å²) in [6.07, 6.45) is -2.74. The van der Waals surface area contributed by atoms with Crippen LogP contribution in [0.4, 0.5) is 13.2 Å². The Balaban J connectivity index is 2.15. The zero-order valence-electron chi connectivity index (χ0n) is 9.56. The lowest BCUT2D eigenvalue weighted by Gasteiger charge is -2.24. The van der Waals surface area contributed by atoms with Gasteiger partial charge in [0, 0.05) is 6.54 Å². The Kier molecular flexibility index (Phi) is 4.02. The van der Waals surface area contributed by atoms with Gasteiger partial charge in [0.15, 0.2) is 0 Å². The predicted octanol–water partition coefficient (Wildman–Crippen LogP) is 3.49. The van der Waals surface area contributed by atoms with Crippen LogP contribution in [-0.2, 0) is 6.18 Å². The lowest BCUT2D eigenvalue weighted by atomic mass is 10.1. The van der Waals surface area contributed by atoms with E-state index < -0.39 is 11.7 Å². The Bertz CT molecular complexity index is 416. The molecule has 18 heavy (non-hydrogen) atoms. The van der Waals surface area contributed by atoms with Crippen LogP contribution in [0.5, 0.6) is 5.75 Å². The molecule has 1 unspecified atom stereocenters. The molecule has 1 fully saturated rings. The van der Waals surface area contributed by atoms with Gasteiger partial charge in [0.1, 0.15) is 11.9 Å². The zero-order chi connectivity index (χ0) is 13.2. The Morgan fingerprint density at radius 2 is 2.11 bits per heavy atom. The smallest absolute Gasteiger partial charge is 0.416 e. The molecular weight excluding hydrogens is 267 g/mol. The molecule has 2 rings (SSSR count). The number of benzene rings is 1. The van der Waals surface area contributed by atoms with E-state index in [4.69, 9.17) is 16.3 Å². The number of nitrogens with one attached hydrogen (secondary N) is 1. The van der Waals surface area contributed by atoms with Crippen molar-refractivity contribution in [1.29, 1.82) is 0 Å². The normalized spacial score (nSPS) is 20.8. The number of piperidine rings is 1. The molecule has 1 aliphatic rings. The maximum atomic E-state index is 12.6. The van der Waals surface area contributed by atoms with Crippen molar-refractivity contribution in [1.82, 2.24) is 5.32 Å². The van der Waals surface area contributed by atoms with E-state index in [-0.39, 0.29) is 16.9 Å². The summed E-state index contributed by atoms with van der Waals surface area (Å²) in [6, 6.07) is 3.13. The first-order chi connectivity index (χ1) is 8.47. The average molecular weight is 280 g/mol. The molecule has 1 saturated heterocycles. The van der Waals surface area contributed by atoms with Gasteiger partial charge in [-0.15, -0.1) is 0 Å². The van der Waals surface area contributed by atoms with Crippen molar-refractivity contribution in [3.63, 3.8) is 0 Å². The molecule has 0 aliphatic carbocycles. The van der Waals surface area contributed by atoms with Crippen molar-refractivity contribution in [2.75, 3.05) is 13.1 Å². The van der Waals surface area contributed by atoms with Crippen LogP contribution in [0.1, 0.15) is 18.4 Å². The lowest BCUT2D eigenvalue weighted by molar-refractivity contribution is -0.137. The summed E-state index contributed by atoms with van der Waals surface area (Å²) in [5.74, 6) is 0.0974. The molecule has 1 aromatic carbocycles. The molecular formula is C12H13ClF3NO. The highest BCUT2D eigenvalue weighted by Crippen LogP contribution is 2.35. The molecule has 6 heteroatoms. The minimum Gasteiger partial charge on any atom is -0.488 e. The number of hydrogen-bond acceptors (Lipinski definition) is 2. The van der Waals surface area contributed by atoms with Gasteiger partial charge in [-0.2, -0.15) is 13.2 Å². The van der Waals surface area contributed by atoms with Gasteiger partial charge in [0.05, 0.1) is 10.6 Å².